The second-order valence-electron chi connectivity index (χ2n) is 12.3. The minimum absolute atomic E-state index is 0.141. The van der Waals surface area contributed by atoms with Crippen LogP contribution in [0.3, 0.4) is 0 Å². The van der Waals surface area contributed by atoms with Gasteiger partial charge >= 0.3 is 6.18 Å². The van der Waals surface area contributed by atoms with Gasteiger partial charge in [0.25, 0.3) is 5.91 Å². The summed E-state index contributed by atoms with van der Waals surface area (Å²) >= 11 is 0. The zero-order valence-electron chi connectivity index (χ0n) is 24.6. The molecule has 240 valence electrons. The van der Waals surface area contributed by atoms with Crippen LogP contribution in [0, 0.1) is 17.8 Å². The van der Waals surface area contributed by atoms with Crippen LogP contribution < -0.4 is 5.73 Å². The first kappa shape index (κ1) is 31.9. The van der Waals surface area contributed by atoms with E-state index in [1.807, 2.05) is 11.8 Å². The summed E-state index contributed by atoms with van der Waals surface area (Å²) in [6.45, 7) is 3.68. The summed E-state index contributed by atoms with van der Waals surface area (Å²) in [7, 11) is 2.88. The maximum absolute atomic E-state index is 14.8. The number of aromatic hydroxyl groups is 1. The quantitative estimate of drug-likeness (QED) is 0.282. The topological polar surface area (TPSA) is 174 Å². The molecule has 0 radical (unpaired) electrons. The fourth-order valence-electron chi connectivity index (χ4n) is 7.50. The highest BCUT2D eigenvalue weighted by Crippen LogP contribution is 2.54. The van der Waals surface area contributed by atoms with Gasteiger partial charge in [-0.1, -0.05) is 6.92 Å². The molecule has 5 atom stereocenters. The normalized spacial score (nSPS) is 28.9. The Hall–Kier alpha value is -3.46. The first-order valence-electron chi connectivity index (χ1n) is 14.4. The van der Waals surface area contributed by atoms with E-state index in [-0.39, 0.29) is 24.4 Å². The zero-order chi connectivity index (χ0) is 32.5. The van der Waals surface area contributed by atoms with Crippen LogP contribution in [-0.2, 0) is 38.3 Å². The van der Waals surface area contributed by atoms with Crippen LogP contribution in [0.25, 0.3) is 5.76 Å². The number of nitrogens with zero attached hydrogens (tertiary/aromatic N) is 2. The molecular weight excluding hydrogens is 587 g/mol. The number of alkyl halides is 3. The van der Waals surface area contributed by atoms with Gasteiger partial charge in [-0.2, -0.15) is 13.2 Å². The minimum atomic E-state index is -4.90. The fourth-order valence-corrected chi connectivity index (χ4v) is 7.50. The number of halogens is 3. The van der Waals surface area contributed by atoms with E-state index < -0.39 is 98.7 Å². The summed E-state index contributed by atoms with van der Waals surface area (Å²) < 4.78 is 49.8. The molecule has 3 aliphatic carbocycles. The van der Waals surface area contributed by atoms with Crippen LogP contribution in [0.2, 0.25) is 0 Å². The SMILES string of the molecule is CCN(Cc1cc(O)c2c(c1C(F)(F)F)C[C@H]1C[C@H]3[C@H](N(C)C)C(=O)C(C(N)=O)=C(O)[C@@]3(O)C(=O)C1=C2O)CC1CCOC1. The number of ketones is 2. The number of ether oxygens (including phenoxy) is 1. The van der Waals surface area contributed by atoms with Gasteiger partial charge in [-0.15, -0.1) is 0 Å². The molecule has 1 amide bonds. The molecule has 1 aromatic carbocycles. The summed E-state index contributed by atoms with van der Waals surface area (Å²) in [6.07, 6.45) is -4.88. The summed E-state index contributed by atoms with van der Waals surface area (Å²) in [5.74, 6) is -8.89. The number of benzene rings is 1. The Bertz CT molecular complexity index is 1480. The van der Waals surface area contributed by atoms with Crippen LogP contribution in [0.5, 0.6) is 5.75 Å². The van der Waals surface area contributed by atoms with E-state index >= 15 is 0 Å². The maximum atomic E-state index is 14.8. The van der Waals surface area contributed by atoms with Gasteiger partial charge in [0.15, 0.2) is 11.4 Å². The van der Waals surface area contributed by atoms with E-state index in [1.165, 1.54) is 19.0 Å². The van der Waals surface area contributed by atoms with Crippen LogP contribution in [0.4, 0.5) is 13.2 Å². The lowest BCUT2D eigenvalue weighted by Crippen LogP contribution is -2.65. The van der Waals surface area contributed by atoms with Gasteiger partial charge in [-0.25, -0.2) is 0 Å². The average molecular weight is 624 g/mol. The van der Waals surface area contributed by atoms with Crippen molar-refractivity contribution in [3.8, 4) is 5.75 Å². The van der Waals surface area contributed by atoms with Crippen molar-refractivity contribution in [2.75, 3.05) is 40.4 Å². The number of phenols is 1. The second kappa shape index (κ2) is 11.2. The van der Waals surface area contributed by atoms with Crippen molar-refractivity contribution in [1.82, 2.24) is 9.80 Å². The third kappa shape index (κ3) is 4.88. The third-order valence-electron chi connectivity index (χ3n) is 9.47. The molecule has 0 spiro atoms. The molecule has 6 N–H and O–H groups in total. The predicted octanol–water partition coefficient (Wildman–Crippen LogP) is 1.84. The number of Topliss-reactive ketones (excluding diaryl/α,β-unsaturated/α-hetero) is 2. The molecule has 1 heterocycles. The Balaban J connectivity index is 1.66. The highest BCUT2D eigenvalue weighted by molar-refractivity contribution is 6.24. The Morgan fingerprint density at radius 3 is 2.43 bits per heavy atom. The molecule has 1 saturated heterocycles. The fraction of sp³-hybridized carbons (Fsp3) is 0.567. The molecule has 1 saturated carbocycles. The molecule has 1 unspecified atom stereocenters. The van der Waals surface area contributed by atoms with E-state index in [0.717, 1.165) is 12.5 Å². The number of hydrogen-bond donors (Lipinski definition) is 5. The van der Waals surface area contributed by atoms with Crippen molar-refractivity contribution in [3.63, 3.8) is 0 Å². The molecular formula is C30H36F3N3O8. The van der Waals surface area contributed by atoms with Gasteiger partial charge in [0, 0.05) is 31.2 Å². The predicted molar refractivity (Wildman–Crippen MR) is 149 cm³/mol. The van der Waals surface area contributed by atoms with Gasteiger partial charge in [-0.3, -0.25) is 24.2 Å². The first-order valence-corrected chi connectivity index (χ1v) is 14.4. The van der Waals surface area contributed by atoms with E-state index in [1.54, 1.807) is 0 Å². The van der Waals surface area contributed by atoms with E-state index in [2.05, 4.69) is 0 Å². The van der Waals surface area contributed by atoms with Gasteiger partial charge in [0.1, 0.15) is 22.8 Å². The van der Waals surface area contributed by atoms with Gasteiger partial charge < -0.3 is 30.9 Å². The smallest absolute Gasteiger partial charge is 0.417 e. The number of carbonyl (C=O) groups excluding carboxylic acids is 3. The molecule has 5 rings (SSSR count). The van der Waals surface area contributed by atoms with Gasteiger partial charge in [-0.05, 0) is 68.9 Å². The number of phenolic OH excluding ortho intramolecular Hbond substituents is 1. The summed E-state index contributed by atoms with van der Waals surface area (Å²) in [5.41, 5.74) is -1.27. The number of fused-ring (bicyclic) bond motifs is 3. The van der Waals surface area contributed by atoms with Crippen molar-refractivity contribution in [2.45, 2.75) is 50.6 Å². The van der Waals surface area contributed by atoms with Crippen molar-refractivity contribution < 1.29 is 52.7 Å². The molecule has 11 nitrogen and oxygen atoms in total. The zero-order valence-corrected chi connectivity index (χ0v) is 24.6. The van der Waals surface area contributed by atoms with Crippen LogP contribution in [0.1, 0.15) is 42.0 Å². The second-order valence-corrected chi connectivity index (χ2v) is 12.3. The lowest BCUT2D eigenvalue weighted by Gasteiger charge is -2.50. The number of rotatable bonds is 7. The minimum Gasteiger partial charge on any atom is -0.508 e. The van der Waals surface area contributed by atoms with Crippen molar-refractivity contribution in [3.05, 3.63) is 45.2 Å². The monoisotopic (exact) mass is 623 g/mol. The Labute approximate surface area is 251 Å². The standard InChI is InChI=1S/C30H36F3N3O8/c1-4-36(10-13-5-6-44-12-13)11-15-9-18(37)20-16(22(15)30(31,32)33)7-14-8-17-23(35(2)3)25(39)21(28(34)42)27(41)29(17,43)26(40)19(14)24(20)38/h9,13-14,17,23,37-38,41,43H,4-8,10-12H2,1-3H3,(H2,34,42)/t13?,14-,17-,23-,29-/m0/s1. The number of aliphatic hydroxyl groups excluding tert-OH is 2. The largest absolute Gasteiger partial charge is 0.508 e. The highest BCUT2D eigenvalue weighted by atomic mass is 19.4. The summed E-state index contributed by atoms with van der Waals surface area (Å²) in [6, 6.07) is -0.409. The summed E-state index contributed by atoms with van der Waals surface area (Å²) in [5, 5.41) is 44.9. The first-order chi connectivity index (χ1) is 20.5. The number of amides is 1. The Morgan fingerprint density at radius 2 is 1.89 bits per heavy atom. The van der Waals surface area contributed by atoms with Crippen molar-refractivity contribution in [2.24, 2.45) is 23.5 Å². The molecule has 14 heteroatoms. The lowest BCUT2D eigenvalue weighted by molar-refractivity contribution is -0.153. The molecule has 44 heavy (non-hydrogen) atoms. The highest BCUT2D eigenvalue weighted by Gasteiger charge is 2.64. The van der Waals surface area contributed by atoms with Crippen LogP contribution in [0.15, 0.2) is 23.0 Å². The molecule has 0 aromatic heterocycles. The van der Waals surface area contributed by atoms with Crippen molar-refractivity contribution >= 4 is 23.2 Å². The summed E-state index contributed by atoms with van der Waals surface area (Å²) in [4.78, 5) is 42.4. The van der Waals surface area contributed by atoms with Gasteiger partial charge in [0.05, 0.1) is 23.8 Å². The molecule has 4 aliphatic rings. The van der Waals surface area contributed by atoms with E-state index in [9.17, 15) is 48.0 Å². The Morgan fingerprint density at radius 1 is 1.20 bits per heavy atom. The number of nitrogens with two attached hydrogens (primary N) is 1. The number of likely N-dealkylation sites (N-methyl/N-ethyl adjacent to an activating group) is 1. The maximum Gasteiger partial charge on any atom is 0.417 e. The number of hydrogen-bond acceptors (Lipinski definition) is 10. The molecule has 0 bridgehead atoms. The number of primary amides is 1. The van der Waals surface area contributed by atoms with E-state index in [4.69, 9.17) is 10.5 Å². The molecule has 2 fully saturated rings. The molecule has 1 aromatic rings. The van der Waals surface area contributed by atoms with Crippen molar-refractivity contribution in [1.29, 1.82) is 0 Å². The number of aliphatic hydroxyl groups is 3. The lowest BCUT2D eigenvalue weighted by atomic mass is 9.57. The third-order valence-corrected chi connectivity index (χ3v) is 9.47. The Kier molecular flexibility index (Phi) is 8.10. The van der Waals surface area contributed by atoms with Gasteiger partial charge in [0.2, 0.25) is 5.78 Å². The van der Waals surface area contributed by atoms with Crippen LogP contribution >= 0.6 is 0 Å². The number of carbonyl (C=O) groups is 3. The van der Waals surface area contributed by atoms with Crippen LogP contribution in [-0.4, -0.2) is 99.7 Å². The van der Waals surface area contributed by atoms with E-state index in [0.29, 0.717) is 26.3 Å². The molecule has 1 aliphatic heterocycles. The average Bonchev–Trinajstić information content (AvgIpc) is 3.42.